The predicted octanol–water partition coefficient (Wildman–Crippen LogP) is 1.74. The topological polar surface area (TPSA) is 45.1 Å². The Kier molecular flexibility index (Phi) is 4.04. The van der Waals surface area contributed by atoms with Crippen LogP contribution in [-0.4, -0.2) is 22.7 Å². The molecule has 0 bridgehead atoms. The summed E-state index contributed by atoms with van der Waals surface area (Å²) in [5.41, 5.74) is -0.399. The van der Waals surface area contributed by atoms with Gasteiger partial charge in [-0.15, -0.1) is 11.3 Å². The molecular weight excluding hydrogens is 196 g/mol. The van der Waals surface area contributed by atoms with Gasteiger partial charge in [-0.1, -0.05) is 6.92 Å². The number of aliphatic hydroxyl groups is 1. The lowest BCUT2D eigenvalue weighted by atomic mass is 10.0. The molecule has 1 aromatic heterocycles. The number of thiazole rings is 1. The van der Waals surface area contributed by atoms with Crippen LogP contribution in [0.4, 0.5) is 0 Å². The molecule has 1 rings (SSSR count). The zero-order chi connectivity index (χ0) is 10.6. The molecule has 2 N–H and O–H groups in total. The first-order valence-electron chi connectivity index (χ1n) is 4.91. The molecule has 2 atom stereocenters. The Balaban J connectivity index is 2.76. The minimum atomic E-state index is -0.399. The summed E-state index contributed by atoms with van der Waals surface area (Å²) in [5.74, 6) is 0. The number of aromatic nitrogens is 1. The van der Waals surface area contributed by atoms with Crippen molar-refractivity contribution in [1.82, 2.24) is 10.3 Å². The van der Waals surface area contributed by atoms with E-state index in [1.807, 2.05) is 12.3 Å². The Bertz CT molecular complexity index is 263. The highest BCUT2D eigenvalue weighted by Crippen LogP contribution is 2.23. The number of rotatable bonds is 5. The average Bonchev–Trinajstić information content (AvgIpc) is 2.70. The smallest absolute Gasteiger partial charge is 0.115 e. The number of hydrogen-bond donors (Lipinski definition) is 2. The fourth-order valence-electron chi connectivity index (χ4n) is 1.32. The lowest BCUT2D eigenvalue weighted by Gasteiger charge is -2.29. The van der Waals surface area contributed by atoms with Gasteiger partial charge in [0, 0.05) is 17.6 Å². The third-order valence-electron chi connectivity index (χ3n) is 2.40. The molecule has 1 heterocycles. The van der Waals surface area contributed by atoms with Crippen LogP contribution in [0.2, 0.25) is 0 Å². The van der Waals surface area contributed by atoms with Crippen molar-refractivity contribution < 1.29 is 5.11 Å². The molecule has 0 aliphatic rings. The van der Waals surface area contributed by atoms with Crippen molar-refractivity contribution in [3.05, 3.63) is 16.6 Å². The maximum Gasteiger partial charge on any atom is 0.115 e. The van der Waals surface area contributed by atoms with Gasteiger partial charge in [0.15, 0.2) is 0 Å². The highest BCUT2D eigenvalue weighted by Gasteiger charge is 2.29. The highest BCUT2D eigenvalue weighted by molar-refractivity contribution is 7.09. The monoisotopic (exact) mass is 214 g/mol. The van der Waals surface area contributed by atoms with Crippen LogP contribution in [0.25, 0.3) is 0 Å². The molecule has 80 valence electrons. The molecule has 2 unspecified atom stereocenters. The minimum Gasteiger partial charge on any atom is -0.394 e. The van der Waals surface area contributed by atoms with Gasteiger partial charge in [-0.05, 0) is 20.3 Å². The van der Waals surface area contributed by atoms with Crippen LogP contribution in [-0.2, 0) is 5.54 Å². The molecule has 0 radical (unpaired) electrons. The minimum absolute atomic E-state index is 0.0743. The standard InChI is InChI=1S/C10H18N2OS/c1-4-8(2)12-10(3,7-13)9-11-5-6-14-9/h5-6,8,12-13H,4,7H2,1-3H3. The summed E-state index contributed by atoms with van der Waals surface area (Å²) in [6, 6.07) is 0.385. The molecule has 0 fully saturated rings. The summed E-state index contributed by atoms with van der Waals surface area (Å²) in [6.45, 7) is 6.29. The predicted molar refractivity (Wildman–Crippen MR) is 59.4 cm³/mol. The number of nitrogens with zero attached hydrogens (tertiary/aromatic N) is 1. The van der Waals surface area contributed by atoms with Gasteiger partial charge in [0.25, 0.3) is 0 Å². The van der Waals surface area contributed by atoms with Crippen LogP contribution in [0.1, 0.15) is 32.2 Å². The third kappa shape index (κ3) is 2.53. The largest absolute Gasteiger partial charge is 0.394 e. The first kappa shape index (κ1) is 11.6. The van der Waals surface area contributed by atoms with Crippen molar-refractivity contribution in [2.45, 2.75) is 38.8 Å². The third-order valence-corrected chi connectivity index (χ3v) is 3.43. The van der Waals surface area contributed by atoms with Crippen molar-refractivity contribution >= 4 is 11.3 Å². The number of hydrogen-bond acceptors (Lipinski definition) is 4. The van der Waals surface area contributed by atoms with E-state index in [4.69, 9.17) is 0 Å². The summed E-state index contributed by atoms with van der Waals surface area (Å²) < 4.78 is 0. The Morgan fingerprint density at radius 3 is 2.86 bits per heavy atom. The van der Waals surface area contributed by atoms with Crippen LogP contribution >= 0.6 is 11.3 Å². The Labute approximate surface area is 89.2 Å². The zero-order valence-electron chi connectivity index (χ0n) is 8.95. The summed E-state index contributed by atoms with van der Waals surface area (Å²) in [4.78, 5) is 4.24. The molecule has 0 aromatic carbocycles. The fourth-order valence-corrected chi connectivity index (χ4v) is 2.07. The molecule has 4 heteroatoms. The average molecular weight is 214 g/mol. The molecule has 0 aliphatic heterocycles. The van der Waals surface area contributed by atoms with Gasteiger partial charge >= 0.3 is 0 Å². The van der Waals surface area contributed by atoms with Gasteiger partial charge in [-0.2, -0.15) is 0 Å². The molecule has 0 spiro atoms. The van der Waals surface area contributed by atoms with Gasteiger partial charge in [0.05, 0.1) is 12.1 Å². The van der Waals surface area contributed by atoms with E-state index in [0.717, 1.165) is 11.4 Å². The molecule has 14 heavy (non-hydrogen) atoms. The van der Waals surface area contributed by atoms with Crippen LogP contribution in [0, 0.1) is 0 Å². The van der Waals surface area contributed by atoms with E-state index < -0.39 is 5.54 Å². The summed E-state index contributed by atoms with van der Waals surface area (Å²) in [7, 11) is 0. The van der Waals surface area contributed by atoms with E-state index in [9.17, 15) is 5.11 Å². The Hall–Kier alpha value is -0.450. The van der Waals surface area contributed by atoms with Crippen LogP contribution in [0.3, 0.4) is 0 Å². The highest BCUT2D eigenvalue weighted by atomic mass is 32.1. The van der Waals surface area contributed by atoms with Gasteiger partial charge in [0.2, 0.25) is 0 Å². The van der Waals surface area contributed by atoms with Gasteiger partial charge in [-0.3, -0.25) is 0 Å². The van der Waals surface area contributed by atoms with Crippen LogP contribution < -0.4 is 5.32 Å². The SMILES string of the molecule is CCC(C)NC(C)(CO)c1nccs1. The summed E-state index contributed by atoms with van der Waals surface area (Å²) in [5, 5.41) is 15.7. The number of aliphatic hydroxyl groups excluding tert-OH is 1. The van der Waals surface area contributed by atoms with E-state index in [2.05, 4.69) is 24.1 Å². The summed E-state index contributed by atoms with van der Waals surface area (Å²) in [6.07, 6.45) is 2.81. The summed E-state index contributed by atoms with van der Waals surface area (Å²) >= 11 is 1.57. The molecule has 0 saturated carbocycles. The zero-order valence-corrected chi connectivity index (χ0v) is 9.77. The molecule has 0 amide bonds. The molecular formula is C10H18N2OS. The maximum absolute atomic E-state index is 9.41. The molecule has 3 nitrogen and oxygen atoms in total. The first-order valence-corrected chi connectivity index (χ1v) is 5.79. The van der Waals surface area contributed by atoms with Crippen molar-refractivity contribution in [2.75, 3.05) is 6.61 Å². The van der Waals surface area contributed by atoms with Crippen molar-refractivity contribution in [2.24, 2.45) is 0 Å². The van der Waals surface area contributed by atoms with E-state index in [0.29, 0.717) is 6.04 Å². The fraction of sp³-hybridized carbons (Fsp3) is 0.700. The molecule has 1 aromatic rings. The molecule has 0 saturated heterocycles. The van der Waals surface area contributed by atoms with Crippen LogP contribution in [0.5, 0.6) is 0 Å². The second-order valence-corrected chi connectivity index (χ2v) is 4.68. The van der Waals surface area contributed by atoms with E-state index in [1.54, 1.807) is 17.5 Å². The quantitative estimate of drug-likeness (QED) is 0.784. The molecule has 0 aliphatic carbocycles. The van der Waals surface area contributed by atoms with E-state index in [1.165, 1.54) is 0 Å². The Morgan fingerprint density at radius 1 is 1.71 bits per heavy atom. The normalized spacial score (nSPS) is 17.7. The van der Waals surface area contributed by atoms with Crippen molar-refractivity contribution in [3.8, 4) is 0 Å². The first-order chi connectivity index (χ1) is 6.62. The number of nitrogens with one attached hydrogen (secondary N) is 1. The van der Waals surface area contributed by atoms with Crippen LogP contribution in [0.15, 0.2) is 11.6 Å². The van der Waals surface area contributed by atoms with Gasteiger partial charge in [0.1, 0.15) is 5.01 Å². The van der Waals surface area contributed by atoms with Crippen molar-refractivity contribution in [3.63, 3.8) is 0 Å². The van der Waals surface area contributed by atoms with Gasteiger partial charge in [-0.25, -0.2) is 4.98 Å². The van der Waals surface area contributed by atoms with Crippen molar-refractivity contribution in [1.29, 1.82) is 0 Å². The lowest BCUT2D eigenvalue weighted by molar-refractivity contribution is 0.162. The van der Waals surface area contributed by atoms with Gasteiger partial charge < -0.3 is 10.4 Å². The second-order valence-electron chi connectivity index (χ2n) is 3.78. The van der Waals surface area contributed by atoms with E-state index in [-0.39, 0.29) is 6.61 Å². The van der Waals surface area contributed by atoms with E-state index >= 15 is 0 Å². The second kappa shape index (κ2) is 4.87. The lowest BCUT2D eigenvalue weighted by Crippen LogP contribution is -2.47. The Morgan fingerprint density at radius 2 is 2.43 bits per heavy atom. The maximum atomic E-state index is 9.41.